The van der Waals surface area contributed by atoms with Crippen LogP contribution in [0.1, 0.15) is 37.2 Å². The first-order valence-corrected chi connectivity index (χ1v) is 8.22. The van der Waals surface area contributed by atoms with Gasteiger partial charge in [-0.25, -0.2) is 4.39 Å². The lowest BCUT2D eigenvalue weighted by Gasteiger charge is -2.17. The Morgan fingerprint density at radius 1 is 1.27 bits per heavy atom. The van der Waals surface area contributed by atoms with E-state index in [1.54, 1.807) is 6.07 Å². The van der Waals surface area contributed by atoms with Crippen LogP contribution in [0.4, 0.5) is 4.39 Å². The average molecular weight is 305 g/mol. The summed E-state index contributed by atoms with van der Waals surface area (Å²) in [6.07, 6.45) is 3.49. The van der Waals surface area contributed by atoms with Gasteiger partial charge in [-0.15, -0.1) is 0 Å². The number of nitrogens with zero attached hydrogens (tertiary/aromatic N) is 1. The van der Waals surface area contributed by atoms with Crippen LogP contribution in [0, 0.1) is 11.7 Å². The molecule has 0 aromatic heterocycles. The first kappa shape index (κ1) is 15.4. The standard InChI is InChI=1S/C17H24FN3O/c18-16-6-2-1-5-15(16)14-8-9-21(12-14)17(22)7-3-4-13-10-19-20-11-13/h1-2,5-6,13-14,19-20H,3-4,7-12H2. The lowest BCUT2D eigenvalue weighted by atomic mass is 9.98. The molecule has 4 nitrogen and oxygen atoms in total. The lowest BCUT2D eigenvalue weighted by Crippen LogP contribution is -2.28. The van der Waals surface area contributed by atoms with E-state index in [9.17, 15) is 9.18 Å². The number of rotatable bonds is 5. The van der Waals surface area contributed by atoms with Crippen molar-refractivity contribution < 1.29 is 9.18 Å². The third kappa shape index (κ3) is 3.65. The Hall–Kier alpha value is -1.46. The number of amides is 1. The van der Waals surface area contributed by atoms with Gasteiger partial charge in [-0.2, -0.15) is 0 Å². The Labute approximate surface area is 131 Å². The van der Waals surface area contributed by atoms with Crippen LogP contribution in [0.3, 0.4) is 0 Å². The van der Waals surface area contributed by atoms with E-state index in [0.29, 0.717) is 18.9 Å². The number of benzene rings is 1. The van der Waals surface area contributed by atoms with Crippen LogP contribution in [-0.2, 0) is 4.79 Å². The summed E-state index contributed by atoms with van der Waals surface area (Å²) in [6.45, 7) is 3.40. The Morgan fingerprint density at radius 3 is 2.82 bits per heavy atom. The van der Waals surface area contributed by atoms with Crippen molar-refractivity contribution in [3.8, 4) is 0 Å². The summed E-state index contributed by atoms with van der Waals surface area (Å²) in [6, 6.07) is 6.92. The molecule has 0 aliphatic carbocycles. The molecule has 0 bridgehead atoms. The molecular weight excluding hydrogens is 281 g/mol. The molecule has 1 amide bonds. The van der Waals surface area contributed by atoms with Crippen molar-refractivity contribution in [2.75, 3.05) is 26.2 Å². The zero-order chi connectivity index (χ0) is 15.4. The maximum atomic E-state index is 13.8. The van der Waals surface area contributed by atoms with E-state index in [4.69, 9.17) is 0 Å². The third-order valence-corrected chi connectivity index (χ3v) is 4.80. The number of carbonyl (C=O) groups excluding carboxylic acids is 1. The molecule has 3 rings (SSSR count). The molecule has 0 saturated carbocycles. The number of carbonyl (C=O) groups is 1. The van der Waals surface area contributed by atoms with E-state index >= 15 is 0 Å². The molecule has 2 aliphatic heterocycles. The quantitative estimate of drug-likeness (QED) is 0.875. The lowest BCUT2D eigenvalue weighted by molar-refractivity contribution is -0.130. The van der Waals surface area contributed by atoms with Gasteiger partial charge in [-0.3, -0.25) is 15.6 Å². The molecule has 2 N–H and O–H groups in total. The van der Waals surface area contributed by atoms with E-state index < -0.39 is 0 Å². The van der Waals surface area contributed by atoms with Gasteiger partial charge in [0.15, 0.2) is 0 Å². The summed E-state index contributed by atoms with van der Waals surface area (Å²) >= 11 is 0. The monoisotopic (exact) mass is 305 g/mol. The summed E-state index contributed by atoms with van der Waals surface area (Å²) in [4.78, 5) is 14.2. The first-order chi connectivity index (χ1) is 10.7. The second-order valence-corrected chi connectivity index (χ2v) is 6.37. The molecule has 1 atom stereocenters. The molecule has 1 aromatic rings. The van der Waals surface area contributed by atoms with E-state index in [2.05, 4.69) is 10.9 Å². The minimum atomic E-state index is -0.150. The molecule has 1 aromatic carbocycles. The molecular formula is C17H24FN3O. The highest BCUT2D eigenvalue weighted by atomic mass is 19.1. The smallest absolute Gasteiger partial charge is 0.222 e. The Morgan fingerprint density at radius 2 is 2.05 bits per heavy atom. The van der Waals surface area contributed by atoms with Crippen LogP contribution in [0.25, 0.3) is 0 Å². The van der Waals surface area contributed by atoms with Crippen molar-refractivity contribution in [3.63, 3.8) is 0 Å². The van der Waals surface area contributed by atoms with Crippen LogP contribution >= 0.6 is 0 Å². The van der Waals surface area contributed by atoms with Gasteiger partial charge in [-0.05, 0) is 36.8 Å². The molecule has 120 valence electrons. The minimum absolute atomic E-state index is 0.147. The maximum Gasteiger partial charge on any atom is 0.222 e. The number of hydrazine groups is 1. The number of likely N-dealkylation sites (tertiary alicyclic amines) is 1. The number of halogens is 1. The van der Waals surface area contributed by atoms with Gasteiger partial charge in [0.2, 0.25) is 5.91 Å². The second kappa shape index (κ2) is 7.20. The fourth-order valence-corrected chi connectivity index (χ4v) is 3.46. The van der Waals surface area contributed by atoms with Crippen molar-refractivity contribution in [2.24, 2.45) is 5.92 Å². The van der Waals surface area contributed by atoms with Crippen molar-refractivity contribution in [3.05, 3.63) is 35.6 Å². The van der Waals surface area contributed by atoms with Crippen LogP contribution in [0.2, 0.25) is 0 Å². The van der Waals surface area contributed by atoms with Crippen LogP contribution in [0.15, 0.2) is 24.3 Å². The SMILES string of the molecule is O=C(CCCC1CNNC1)N1CCC(c2ccccc2F)C1. The van der Waals surface area contributed by atoms with E-state index in [-0.39, 0.29) is 17.6 Å². The number of hydrogen-bond donors (Lipinski definition) is 2. The number of nitrogens with one attached hydrogen (secondary N) is 2. The van der Waals surface area contributed by atoms with Gasteiger partial charge in [-0.1, -0.05) is 18.2 Å². The van der Waals surface area contributed by atoms with Crippen molar-refractivity contribution in [1.82, 2.24) is 15.8 Å². The minimum Gasteiger partial charge on any atom is -0.342 e. The van der Waals surface area contributed by atoms with Crippen LogP contribution in [0.5, 0.6) is 0 Å². The maximum absolute atomic E-state index is 13.8. The zero-order valence-corrected chi connectivity index (χ0v) is 12.9. The molecule has 2 saturated heterocycles. The third-order valence-electron chi connectivity index (χ3n) is 4.80. The Balaban J connectivity index is 1.45. The highest BCUT2D eigenvalue weighted by molar-refractivity contribution is 5.76. The molecule has 1 unspecified atom stereocenters. The molecule has 2 fully saturated rings. The van der Waals surface area contributed by atoms with Gasteiger partial charge in [0, 0.05) is 38.5 Å². The van der Waals surface area contributed by atoms with Crippen molar-refractivity contribution in [1.29, 1.82) is 0 Å². The first-order valence-electron chi connectivity index (χ1n) is 8.22. The van der Waals surface area contributed by atoms with E-state index in [1.807, 2.05) is 17.0 Å². The van der Waals surface area contributed by atoms with Gasteiger partial charge in [0.25, 0.3) is 0 Å². The Bertz CT molecular complexity index is 516. The van der Waals surface area contributed by atoms with Crippen LogP contribution < -0.4 is 10.9 Å². The fraction of sp³-hybridized carbons (Fsp3) is 0.588. The second-order valence-electron chi connectivity index (χ2n) is 6.37. The largest absolute Gasteiger partial charge is 0.342 e. The zero-order valence-electron chi connectivity index (χ0n) is 12.9. The van der Waals surface area contributed by atoms with Gasteiger partial charge in [0.05, 0.1) is 0 Å². The molecule has 0 radical (unpaired) electrons. The van der Waals surface area contributed by atoms with Crippen LogP contribution in [-0.4, -0.2) is 37.0 Å². The molecule has 2 aliphatic rings. The summed E-state index contributed by atoms with van der Waals surface area (Å²) in [5.74, 6) is 0.853. The normalized spacial score (nSPS) is 22.4. The fourth-order valence-electron chi connectivity index (χ4n) is 3.46. The predicted molar refractivity (Wildman–Crippen MR) is 83.7 cm³/mol. The topological polar surface area (TPSA) is 44.4 Å². The van der Waals surface area contributed by atoms with Crippen molar-refractivity contribution >= 4 is 5.91 Å². The molecule has 22 heavy (non-hydrogen) atoms. The van der Waals surface area contributed by atoms with Gasteiger partial charge in [0.1, 0.15) is 5.82 Å². The Kier molecular flexibility index (Phi) is 5.05. The average Bonchev–Trinajstić information content (AvgIpc) is 3.19. The number of hydrogen-bond acceptors (Lipinski definition) is 3. The van der Waals surface area contributed by atoms with Crippen molar-refractivity contribution in [2.45, 2.75) is 31.6 Å². The highest BCUT2D eigenvalue weighted by Gasteiger charge is 2.28. The molecule has 2 heterocycles. The predicted octanol–water partition coefficient (Wildman–Crippen LogP) is 2.04. The van der Waals surface area contributed by atoms with Gasteiger partial charge >= 0.3 is 0 Å². The molecule has 0 spiro atoms. The summed E-state index contributed by atoms with van der Waals surface area (Å²) in [5.41, 5.74) is 6.98. The van der Waals surface area contributed by atoms with Gasteiger partial charge < -0.3 is 4.90 Å². The van der Waals surface area contributed by atoms with E-state index in [1.165, 1.54) is 6.07 Å². The highest BCUT2D eigenvalue weighted by Crippen LogP contribution is 2.29. The summed E-state index contributed by atoms with van der Waals surface area (Å²) < 4.78 is 13.8. The summed E-state index contributed by atoms with van der Waals surface area (Å²) in [7, 11) is 0. The summed E-state index contributed by atoms with van der Waals surface area (Å²) in [5, 5.41) is 0. The van der Waals surface area contributed by atoms with E-state index in [0.717, 1.165) is 44.5 Å². The molecule has 5 heteroatoms.